The van der Waals surface area contributed by atoms with E-state index in [1.807, 2.05) is 26.8 Å². The second kappa shape index (κ2) is 6.18. The van der Waals surface area contributed by atoms with Crippen molar-refractivity contribution in [1.29, 1.82) is 0 Å². The van der Waals surface area contributed by atoms with Crippen LogP contribution in [-0.4, -0.2) is 4.98 Å². The van der Waals surface area contributed by atoms with Crippen molar-refractivity contribution in [2.24, 2.45) is 0 Å². The minimum Gasteiger partial charge on any atom is -0.253 e. The van der Waals surface area contributed by atoms with Gasteiger partial charge < -0.3 is 0 Å². The van der Waals surface area contributed by atoms with Crippen LogP contribution in [-0.2, 0) is 0 Å². The zero-order valence-electron chi connectivity index (χ0n) is 9.33. The molecule has 0 saturated carbocycles. The summed E-state index contributed by atoms with van der Waals surface area (Å²) < 4.78 is 0. The molecule has 0 radical (unpaired) electrons. The van der Waals surface area contributed by atoms with Crippen molar-refractivity contribution in [2.75, 3.05) is 0 Å². The molecule has 0 aliphatic heterocycles. The molecule has 0 fully saturated rings. The van der Waals surface area contributed by atoms with Gasteiger partial charge in [-0.25, -0.2) is 0 Å². The first-order chi connectivity index (χ1) is 6.77. The highest BCUT2D eigenvalue weighted by molar-refractivity contribution is 5.81. The lowest BCUT2D eigenvalue weighted by Gasteiger charge is -2.00. The molecule has 1 aromatic heterocycles. The van der Waals surface area contributed by atoms with E-state index >= 15 is 0 Å². The van der Waals surface area contributed by atoms with Gasteiger partial charge in [-0.2, -0.15) is 0 Å². The van der Waals surface area contributed by atoms with E-state index in [0.29, 0.717) is 0 Å². The number of para-hydroxylation sites is 1. The smallest absolute Gasteiger partial charge is 0.0734 e. The normalized spacial score (nSPS) is 8.80. The fourth-order valence-electron chi connectivity index (χ4n) is 1.39. The van der Waals surface area contributed by atoms with Crippen LogP contribution in [0.3, 0.4) is 0 Å². The highest BCUT2D eigenvalue weighted by Gasteiger charge is 1.96. The Hall–Kier alpha value is -1.37. The van der Waals surface area contributed by atoms with Crippen LogP contribution in [0.4, 0.5) is 0 Å². The minimum atomic E-state index is 0. The van der Waals surface area contributed by atoms with Gasteiger partial charge in [-0.05, 0) is 25.5 Å². The molecule has 0 amide bonds. The number of hydrogen-bond donors (Lipinski definition) is 0. The molecule has 0 unspecified atom stereocenters. The van der Waals surface area contributed by atoms with Crippen molar-refractivity contribution in [2.45, 2.75) is 35.1 Å². The summed E-state index contributed by atoms with van der Waals surface area (Å²) in [5, 5.41) is 1.22. The van der Waals surface area contributed by atoms with Crippen molar-refractivity contribution in [3.63, 3.8) is 0 Å². The summed E-state index contributed by atoms with van der Waals surface area (Å²) in [6, 6.07) is 10.4. The van der Waals surface area contributed by atoms with Crippen LogP contribution in [0.2, 0.25) is 0 Å². The topological polar surface area (TPSA) is 12.9 Å². The highest BCUT2D eigenvalue weighted by Crippen LogP contribution is 2.15. The van der Waals surface area contributed by atoms with E-state index in [-0.39, 0.29) is 7.43 Å². The molecule has 0 atom stereocenters. The number of fused-ring (bicyclic) bond motifs is 1. The first-order valence-corrected chi connectivity index (χ1v) is 5.10. The number of hydrogen-bond acceptors (Lipinski definition) is 1. The largest absolute Gasteiger partial charge is 0.253 e. The molecule has 2 aromatic rings. The third-order valence-corrected chi connectivity index (χ3v) is 2.06. The Morgan fingerprint density at radius 2 is 1.60 bits per heavy atom. The van der Waals surface area contributed by atoms with Crippen LogP contribution in [0.25, 0.3) is 10.9 Å². The summed E-state index contributed by atoms with van der Waals surface area (Å²) in [5.41, 5.74) is 3.45. The van der Waals surface area contributed by atoms with Crippen LogP contribution in [0.15, 0.2) is 30.3 Å². The number of aryl methyl sites for hydroxylation is 2. The summed E-state index contributed by atoms with van der Waals surface area (Å²) in [5.74, 6) is 0. The fraction of sp³-hybridized carbons (Fsp3) is 0.357. The van der Waals surface area contributed by atoms with Crippen molar-refractivity contribution >= 4 is 10.9 Å². The Labute approximate surface area is 93.2 Å². The summed E-state index contributed by atoms with van der Waals surface area (Å²) in [6.07, 6.45) is 0. The van der Waals surface area contributed by atoms with Gasteiger partial charge in [-0.15, -0.1) is 0 Å². The number of rotatable bonds is 0. The average Bonchev–Trinajstić information content (AvgIpc) is 2.22. The van der Waals surface area contributed by atoms with Crippen molar-refractivity contribution in [3.8, 4) is 0 Å². The average molecular weight is 203 g/mol. The molecule has 15 heavy (non-hydrogen) atoms. The second-order valence-corrected chi connectivity index (χ2v) is 3.10. The van der Waals surface area contributed by atoms with Crippen molar-refractivity contribution in [1.82, 2.24) is 4.98 Å². The standard InChI is InChI=1S/C11H11N.C2H6.CH4/c1-8-4-3-5-10-7-6-9(2)12-11(8)10;1-2;/h3-7H,1-2H3;1-2H3;1H4. The van der Waals surface area contributed by atoms with E-state index in [1.165, 1.54) is 10.9 Å². The zero-order chi connectivity index (χ0) is 10.6. The Morgan fingerprint density at radius 3 is 2.27 bits per heavy atom. The molecular formula is C14H21N. The molecule has 1 nitrogen and oxygen atoms in total. The van der Waals surface area contributed by atoms with E-state index < -0.39 is 0 Å². The SMILES string of the molecule is C.CC.Cc1ccc2cccc(C)c2n1. The maximum absolute atomic E-state index is 4.48. The maximum Gasteiger partial charge on any atom is 0.0734 e. The minimum absolute atomic E-state index is 0. The molecule has 0 spiro atoms. The molecule has 2 rings (SSSR count). The Kier molecular flexibility index (Phi) is 5.61. The molecule has 0 saturated heterocycles. The van der Waals surface area contributed by atoms with Gasteiger partial charge in [-0.1, -0.05) is 45.5 Å². The van der Waals surface area contributed by atoms with Gasteiger partial charge in [0.05, 0.1) is 5.52 Å². The van der Waals surface area contributed by atoms with Crippen LogP contribution in [0.5, 0.6) is 0 Å². The van der Waals surface area contributed by atoms with E-state index in [2.05, 4.69) is 36.2 Å². The first kappa shape index (κ1) is 13.6. The number of benzene rings is 1. The molecule has 0 aliphatic carbocycles. The van der Waals surface area contributed by atoms with Crippen LogP contribution < -0.4 is 0 Å². The molecule has 1 heteroatoms. The van der Waals surface area contributed by atoms with E-state index in [9.17, 15) is 0 Å². The van der Waals surface area contributed by atoms with Gasteiger partial charge in [0.1, 0.15) is 0 Å². The Bertz CT molecular complexity index is 419. The van der Waals surface area contributed by atoms with E-state index in [1.54, 1.807) is 0 Å². The van der Waals surface area contributed by atoms with Crippen LogP contribution in [0, 0.1) is 13.8 Å². The van der Waals surface area contributed by atoms with Crippen LogP contribution in [0.1, 0.15) is 32.5 Å². The number of pyridine rings is 1. The molecule has 0 aliphatic rings. The van der Waals surface area contributed by atoms with Gasteiger partial charge in [-0.3, -0.25) is 4.98 Å². The predicted octanol–water partition coefficient (Wildman–Crippen LogP) is 4.51. The molecular weight excluding hydrogens is 182 g/mol. The van der Waals surface area contributed by atoms with E-state index in [4.69, 9.17) is 0 Å². The highest BCUT2D eigenvalue weighted by atomic mass is 14.7. The van der Waals surface area contributed by atoms with Crippen LogP contribution >= 0.6 is 0 Å². The second-order valence-electron chi connectivity index (χ2n) is 3.10. The fourth-order valence-corrected chi connectivity index (χ4v) is 1.39. The first-order valence-electron chi connectivity index (χ1n) is 5.10. The summed E-state index contributed by atoms with van der Waals surface area (Å²) in [4.78, 5) is 4.48. The molecule has 1 aromatic carbocycles. The van der Waals surface area contributed by atoms with Gasteiger partial charge in [0.15, 0.2) is 0 Å². The molecule has 0 bridgehead atoms. The summed E-state index contributed by atoms with van der Waals surface area (Å²) >= 11 is 0. The predicted molar refractivity (Wildman–Crippen MR) is 69.3 cm³/mol. The lowest BCUT2D eigenvalue weighted by molar-refractivity contribution is 1.24. The lowest BCUT2D eigenvalue weighted by atomic mass is 10.1. The van der Waals surface area contributed by atoms with E-state index in [0.717, 1.165) is 11.2 Å². The zero-order valence-corrected chi connectivity index (χ0v) is 9.33. The summed E-state index contributed by atoms with van der Waals surface area (Å²) in [6.45, 7) is 8.11. The Morgan fingerprint density at radius 1 is 0.933 bits per heavy atom. The van der Waals surface area contributed by atoms with Crippen molar-refractivity contribution < 1.29 is 0 Å². The molecule has 1 heterocycles. The lowest BCUT2D eigenvalue weighted by Crippen LogP contribution is -1.85. The maximum atomic E-state index is 4.48. The van der Waals surface area contributed by atoms with Gasteiger partial charge in [0.2, 0.25) is 0 Å². The summed E-state index contributed by atoms with van der Waals surface area (Å²) in [7, 11) is 0. The number of nitrogens with zero attached hydrogens (tertiary/aromatic N) is 1. The van der Waals surface area contributed by atoms with Crippen molar-refractivity contribution in [3.05, 3.63) is 41.6 Å². The van der Waals surface area contributed by atoms with Gasteiger partial charge in [0, 0.05) is 11.1 Å². The Balaban J connectivity index is 0.000000617. The third-order valence-electron chi connectivity index (χ3n) is 2.06. The number of aromatic nitrogens is 1. The van der Waals surface area contributed by atoms with Gasteiger partial charge >= 0.3 is 0 Å². The molecule has 0 N–H and O–H groups in total. The molecule has 82 valence electrons. The third kappa shape index (κ3) is 3.05. The quantitative estimate of drug-likeness (QED) is 0.613. The van der Waals surface area contributed by atoms with Gasteiger partial charge in [0.25, 0.3) is 0 Å². The monoisotopic (exact) mass is 203 g/mol.